The molecule has 4 saturated carbocycles. The van der Waals surface area contributed by atoms with Gasteiger partial charge in [0, 0.05) is 40.4 Å². The van der Waals surface area contributed by atoms with Crippen LogP contribution in [0.15, 0.2) is 176 Å². The molecule has 0 radical (unpaired) electrons. The molecule has 0 aromatic heterocycles. The number of hydrogen-bond donors (Lipinski definition) is 3. The summed E-state index contributed by atoms with van der Waals surface area (Å²) in [6, 6.07) is 65.5. The standard InChI is InChI=1S/C76H80O3/c77-70-43-40-64-47-67(70)74(59-34-26-55(27-35-59)51-16-7-2-8-17-51)62-22-13-23-63(46-62)75(60-36-28-56(29-37-60)52-18-9-3-10-19-52)69-49-66(42-45-72(69)79)76(61-38-30-57(31-39-61)53-20-11-4-12-21-53)68-48-65(41-44-71(68)78)73(64)58-32-24-54(25-33-58)50-14-5-1-6-15-50/h13,22-53,73-79H,1-12,14-21H2/t73-,74?,75?,76?/m1/s1. The number of phenolic OH excluding ortho intramolecular Hbond substituents is 3. The van der Waals surface area contributed by atoms with E-state index in [0.717, 1.165) is 61.2 Å². The Morgan fingerprint density at radius 2 is 0.418 bits per heavy atom. The lowest BCUT2D eigenvalue weighted by atomic mass is 9.75. The van der Waals surface area contributed by atoms with Gasteiger partial charge in [0.25, 0.3) is 0 Å². The van der Waals surface area contributed by atoms with Crippen LogP contribution in [0.4, 0.5) is 0 Å². The van der Waals surface area contributed by atoms with Gasteiger partial charge in [0.05, 0.1) is 0 Å². The van der Waals surface area contributed by atoms with Gasteiger partial charge in [-0.05, 0) is 166 Å². The first-order valence-corrected chi connectivity index (χ1v) is 30.9. The quantitative estimate of drug-likeness (QED) is 0.142. The van der Waals surface area contributed by atoms with Gasteiger partial charge in [-0.15, -0.1) is 0 Å². The second-order valence-corrected chi connectivity index (χ2v) is 24.9. The van der Waals surface area contributed by atoms with E-state index in [1.165, 1.54) is 156 Å². The van der Waals surface area contributed by atoms with Crippen LogP contribution in [0.2, 0.25) is 0 Å². The Kier molecular flexibility index (Phi) is 15.1. The zero-order valence-corrected chi connectivity index (χ0v) is 46.3. The third-order valence-electron chi connectivity index (χ3n) is 20.1. The minimum atomic E-state index is -0.348. The molecule has 4 atom stereocenters. The minimum absolute atomic E-state index is 0.210. The molecule has 0 heterocycles. The molecular weight excluding hydrogens is 961 g/mol. The number of aromatic hydroxyl groups is 3. The molecule has 0 saturated heterocycles. The Bertz CT molecular complexity index is 3340. The first-order valence-electron chi connectivity index (χ1n) is 30.9. The lowest BCUT2D eigenvalue weighted by molar-refractivity contribution is 0.443. The van der Waals surface area contributed by atoms with E-state index in [1.807, 2.05) is 18.2 Å². The van der Waals surface area contributed by atoms with Gasteiger partial charge in [0.15, 0.2) is 0 Å². The smallest absolute Gasteiger partial charge is 0.119 e. The van der Waals surface area contributed by atoms with Gasteiger partial charge >= 0.3 is 0 Å². The van der Waals surface area contributed by atoms with Crippen LogP contribution in [-0.2, 0) is 0 Å². The van der Waals surface area contributed by atoms with Crippen LogP contribution >= 0.6 is 0 Å². The fourth-order valence-electron chi connectivity index (χ4n) is 15.7. The Labute approximate surface area is 470 Å². The van der Waals surface area contributed by atoms with Crippen LogP contribution < -0.4 is 0 Å². The molecule has 3 unspecified atom stereocenters. The Morgan fingerprint density at radius 3 is 0.696 bits per heavy atom. The maximum absolute atomic E-state index is 12.5. The fraction of sp³-hybridized carbons (Fsp3) is 0.368. The molecule has 0 spiro atoms. The van der Waals surface area contributed by atoms with Crippen LogP contribution in [0, 0.1) is 0 Å². The van der Waals surface area contributed by atoms with Crippen molar-refractivity contribution in [2.24, 2.45) is 0 Å². The van der Waals surface area contributed by atoms with Crippen LogP contribution in [0.3, 0.4) is 0 Å². The molecule has 3 N–H and O–H groups in total. The molecule has 3 heteroatoms. The van der Waals surface area contributed by atoms with Gasteiger partial charge < -0.3 is 15.3 Å². The van der Waals surface area contributed by atoms with E-state index in [9.17, 15) is 15.3 Å². The Morgan fingerprint density at radius 1 is 0.203 bits per heavy atom. The van der Waals surface area contributed by atoms with Gasteiger partial charge in [-0.2, -0.15) is 0 Å². The summed E-state index contributed by atoms with van der Waals surface area (Å²) in [5.41, 5.74) is 18.1. The first kappa shape index (κ1) is 51.6. The van der Waals surface area contributed by atoms with Gasteiger partial charge in [-0.3, -0.25) is 0 Å². The van der Waals surface area contributed by atoms with Crippen LogP contribution in [-0.4, -0.2) is 15.3 Å². The topological polar surface area (TPSA) is 60.7 Å². The summed E-state index contributed by atoms with van der Waals surface area (Å²) in [4.78, 5) is 0. The van der Waals surface area contributed by atoms with E-state index in [2.05, 4.69) is 158 Å². The minimum Gasteiger partial charge on any atom is -0.508 e. The highest BCUT2D eigenvalue weighted by atomic mass is 16.3. The summed E-state index contributed by atoms with van der Waals surface area (Å²) in [5.74, 6) is 1.89. The lowest BCUT2D eigenvalue weighted by Gasteiger charge is -2.29. The van der Waals surface area contributed by atoms with Crippen LogP contribution in [0.1, 0.15) is 265 Å². The predicted octanol–water partition coefficient (Wildman–Crippen LogP) is 20.0. The fourth-order valence-corrected chi connectivity index (χ4v) is 15.7. The molecule has 5 aliphatic rings. The van der Waals surface area contributed by atoms with Crippen molar-refractivity contribution in [2.45, 2.75) is 176 Å². The zero-order valence-electron chi connectivity index (χ0n) is 46.3. The maximum atomic E-state index is 12.5. The average molecular weight is 1040 g/mol. The van der Waals surface area contributed by atoms with E-state index in [-0.39, 0.29) is 40.9 Å². The lowest BCUT2D eigenvalue weighted by Crippen LogP contribution is -2.12. The molecular formula is C76H80O3. The maximum Gasteiger partial charge on any atom is 0.119 e. The van der Waals surface area contributed by atoms with E-state index in [0.29, 0.717) is 23.7 Å². The number of hydrogen-bond acceptors (Lipinski definition) is 3. The molecule has 8 aromatic rings. The van der Waals surface area contributed by atoms with Crippen molar-refractivity contribution < 1.29 is 15.3 Å². The second-order valence-electron chi connectivity index (χ2n) is 24.9. The molecule has 79 heavy (non-hydrogen) atoms. The van der Waals surface area contributed by atoms with Crippen LogP contribution in [0.5, 0.6) is 17.2 Å². The summed E-state index contributed by atoms with van der Waals surface area (Å²) >= 11 is 0. The third kappa shape index (κ3) is 10.7. The Balaban J connectivity index is 1.04. The monoisotopic (exact) mass is 1040 g/mol. The largest absolute Gasteiger partial charge is 0.508 e. The second kappa shape index (κ2) is 23.1. The van der Waals surface area contributed by atoms with E-state index in [1.54, 1.807) is 0 Å². The highest BCUT2D eigenvalue weighted by molar-refractivity contribution is 5.60. The highest BCUT2D eigenvalue weighted by Gasteiger charge is 2.32. The van der Waals surface area contributed by atoms with Crippen molar-refractivity contribution >= 4 is 0 Å². The molecule has 13 rings (SSSR count). The number of rotatable bonds is 8. The molecule has 8 aromatic carbocycles. The number of phenols is 3. The van der Waals surface area contributed by atoms with E-state index >= 15 is 0 Å². The third-order valence-corrected chi connectivity index (χ3v) is 20.1. The van der Waals surface area contributed by atoms with Gasteiger partial charge in [-0.1, -0.05) is 235 Å². The van der Waals surface area contributed by atoms with Crippen molar-refractivity contribution in [3.05, 3.63) is 265 Å². The van der Waals surface area contributed by atoms with Crippen molar-refractivity contribution in [1.29, 1.82) is 0 Å². The molecule has 0 aliphatic heterocycles. The normalized spacial score (nSPS) is 21.6. The summed E-state index contributed by atoms with van der Waals surface area (Å²) in [6.45, 7) is 0. The predicted molar refractivity (Wildman–Crippen MR) is 324 cm³/mol. The molecule has 8 bridgehead atoms. The average Bonchev–Trinajstić information content (AvgIpc) is 3.55. The van der Waals surface area contributed by atoms with Gasteiger partial charge in [0.2, 0.25) is 0 Å². The summed E-state index contributed by atoms with van der Waals surface area (Å²) < 4.78 is 0. The van der Waals surface area contributed by atoms with E-state index < -0.39 is 0 Å². The summed E-state index contributed by atoms with van der Waals surface area (Å²) in [6.07, 6.45) is 25.4. The zero-order chi connectivity index (χ0) is 53.2. The van der Waals surface area contributed by atoms with Crippen molar-refractivity contribution in [1.82, 2.24) is 0 Å². The molecule has 5 aliphatic carbocycles. The van der Waals surface area contributed by atoms with Crippen molar-refractivity contribution in [3.8, 4) is 17.2 Å². The SMILES string of the molecule is Oc1ccc2cc1C(c1ccc(C3CCCCC3)cc1)c1cccc(c1)C(c1ccc(C3CCCCC3)cc1)c1cc(ccc1O)[C@@H](c1ccc(C3CCCCC3)cc1)c1ccc(O)c(c1)C2c1ccc(C2CCCCC2)cc1. The number of fused-ring (bicyclic) bond motifs is 8. The van der Waals surface area contributed by atoms with Crippen LogP contribution in [0.25, 0.3) is 0 Å². The molecule has 4 fully saturated rings. The highest BCUT2D eigenvalue weighted by Crippen LogP contribution is 2.49. The van der Waals surface area contributed by atoms with Gasteiger partial charge in [0.1, 0.15) is 17.2 Å². The van der Waals surface area contributed by atoms with Gasteiger partial charge in [-0.25, -0.2) is 0 Å². The van der Waals surface area contributed by atoms with Crippen molar-refractivity contribution in [3.63, 3.8) is 0 Å². The molecule has 0 amide bonds. The first-order chi connectivity index (χ1) is 38.9. The molecule has 402 valence electrons. The van der Waals surface area contributed by atoms with Crippen molar-refractivity contribution in [2.75, 3.05) is 0 Å². The Hall–Kier alpha value is -6.84. The summed E-state index contributed by atoms with van der Waals surface area (Å²) in [5, 5.41) is 37.4. The number of benzene rings is 8. The summed E-state index contributed by atoms with van der Waals surface area (Å²) in [7, 11) is 0. The van der Waals surface area contributed by atoms with E-state index in [4.69, 9.17) is 0 Å². The molecule has 3 nitrogen and oxygen atoms in total.